The maximum atomic E-state index is 12.2. The highest BCUT2D eigenvalue weighted by Gasteiger charge is 2.29. The maximum absolute atomic E-state index is 12.2. The number of hydrogen-bond donors (Lipinski definition) is 1. The predicted octanol–water partition coefficient (Wildman–Crippen LogP) is 2.99. The summed E-state index contributed by atoms with van der Waals surface area (Å²) in [5.74, 6) is 0.0560. The highest BCUT2D eigenvalue weighted by Crippen LogP contribution is 2.40. The monoisotopic (exact) mass is 351 g/mol. The molecular weight excluding hydrogens is 334 g/mol. The Balaban J connectivity index is 2.45. The molecule has 1 aliphatic carbocycles. The number of hydrogen-bond acceptors (Lipinski definition) is 5. The zero-order valence-corrected chi connectivity index (χ0v) is 14.3. The first-order valence-electron chi connectivity index (χ1n) is 6.76. The van der Waals surface area contributed by atoms with Gasteiger partial charge in [0.05, 0.1) is 12.2 Å². The van der Waals surface area contributed by atoms with E-state index in [0.717, 1.165) is 29.7 Å². The lowest BCUT2D eigenvalue weighted by atomic mass is 9.88. The summed E-state index contributed by atoms with van der Waals surface area (Å²) in [7, 11) is -3.64. The molecule has 8 heteroatoms. The second-order valence-electron chi connectivity index (χ2n) is 5.10. The van der Waals surface area contributed by atoms with Crippen molar-refractivity contribution in [2.45, 2.75) is 33.1 Å². The van der Waals surface area contributed by atoms with Crippen molar-refractivity contribution in [1.29, 1.82) is 0 Å². The quantitative estimate of drug-likeness (QED) is 0.653. The minimum absolute atomic E-state index is 0.252. The molecule has 0 spiro atoms. The van der Waals surface area contributed by atoms with Gasteiger partial charge in [0.15, 0.2) is 0 Å². The highest BCUT2D eigenvalue weighted by atomic mass is 35.5. The van der Waals surface area contributed by atoms with Crippen LogP contribution in [0.15, 0.2) is 0 Å². The molecule has 21 heavy (non-hydrogen) atoms. The van der Waals surface area contributed by atoms with Crippen molar-refractivity contribution in [3.05, 3.63) is 16.0 Å². The molecule has 118 valence electrons. The van der Waals surface area contributed by atoms with Gasteiger partial charge in [0.25, 0.3) is 0 Å². The molecule has 0 radical (unpaired) electrons. The van der Waals surface area contributed by atoms with E-state index in [1.54, 1.807) is 6.92 Å². The molecule has 0 saturated carbocycles. The Bertz CT molecular complexity index is 639. The van der Waals surface area contributed by atoms with Crippen LogP contribution in [0.1, 0.15) is 41.1 Å². The molecule has 0 amide bonds. The number of ether oxygens (including phenoxy) is 1. The van der Waals surface area contributed by atoms with Gasteiger partial charge in [0, 0.05) is 4.88 Å². The van der Waals surface area contributed by atoms with Gasteiger partial charge < -0.3 is 4.74 Å². The zero-order chi connectivity index (χ0) is 15.6. The molecule has 5 nitrogen and oxygen atoms in total. The number of carbonyl (C=O) groups is 1. The van der Waals surface area contributed by atoms with Crippen LogP contribution >= 0.6 is 22.9 Å². The SMILES string of the molecule is CCOC(=O)c1c(NS(=O)(=O)CCl)sc2c1CCC(C)C2. The number of thiophene rings is 1. The van der Waals surface area contributed by atoms with Crippen molar-refractivity contribution >= 4 is 43.9 Å². The Morgan fingerprint density at radius 2 is 2.24 bits per heavy atom. The topological polar surface area (TPSA) is 72.5 Å². The molecule has 0 bridgehead atoms. The smallest absolute Gasteiger partial charge is 0.341 e. The number of alkyl halides is 1. The first-order chi connectivity index (χ1) is 9.88. The van der Waals surface area contributed by atoms with Crippen LogP contribution < -0.4 is 4.72 Å². The molecular formula is C13H18ClNO4S2. The number of anilines is 1. The Morgan fingerprint density at radius 1 is 1.52 bits per heavy atom. The van der Waals surface area contributed by atoms with Gasteiger partial charge in [-0.15, -0.1) is 22.9 Å². The van der Waals surface area contributed by atoms with Gasteiger partial charge in [-0.3, -0.25) is 4.72 Å². The first-order valence-corrected chi connectivity index (χ1v) is 9.76. The number of fused-ring (bicyclic) bond motifs is 1. The molecule has 0 saturated heterocycles. The number of esters is 1. The van der Waals surface area contributed by atoms with Gasteiger partial charge in [0.1, 0.15) is 10.2 Å². The van der Waals surface area contributed by atoms with Crippen molar-refractivity contribution in [1.82, 2.24) is 0 Å². The second kappa shape index (κ2) is 6.54. The fourth-order valence-electron chi connectivity index (χ4n) is 2.41. The highest BCUT2D eigenvalue weighted by molar-refractivity contribution is 7.94. The summed E-state index contributed by atoms with van der Waals surface area (Å²) in [4.78, 5) is 13.2. The normalized spacial score (nSPS) is 18.1. The zero-order valence-electron chi connectivity index (χ0n) is 11.9. The molecule has 0 fully saturated rings. The van der Waals surface area contributed by atoms with E-state index < -0.39 is 21.2 Å². The third-order valence-electron chi connectivity index (χ3n) is 3.38. The van der Waals surface area contributed by atoms with Crippen LogP contribution in [0.25, 0.3) is 0 Å². The predicted molar refractivity (Wildman–Crippen MR) is 84.7 cm³/mol. The molecule has 1 aromatic rings. The number of sulfonamides is 1. The number of halogens is 1. The largest absolute Gasteiger partial charge is 0.462 e. The van der Waals surface area contributed by atoms with Gasteiger partial charge in [-0.1, -0.05) is 6.92 Å². The van der Waals surface area contributed by atoms with Crippen LogP contribution in [-0.2, 0) is 27.6 Å². The number of carbonyl (C=O) groups excluding carboxylic acids is 1. The molecule has 1 heterocycles. The fraction of sp³-hybridized carbons (Fsp3) is 0.615. The fourth-order valence-corrected chi connectivity index (χ4v) is 4.81. The van der Waals surface area contributed by atoms with Gasteiger partial charge in [-0.25, -0.2) is 13.2 Å². The summed E-state index contributed by atoms with van der Waals surface area (Å²) in [5.41, 5.74) is 1.28. The summed E-state index contributed by atoms with van der Waals surface area (Å²) in [6.07, 6.45) is 2.61. The maximum Gasteiger partial charge on any atom is 0.341 e. The Hall–Kier alpha value is -0.790. The van der Waals surface area contributed by atoms with E-state index in [-0.39, 0.29) is 6.61 Å². The Kier molecular flexibility index (Phi) is 5.16. The van der Waals surface area contributed by atoms with E-state index in [1.807, 2.05) is 0 Å². The van der Waals surface area contributed by atoms with Crippen molar-refractivity contribution in [2.24, 2.45) is 5.92 Å². The molecule has 2 rings (SSSR count). The van der Waals surface area contributed by atoms with E-state index in [2.05, 4.69) is 11.6 Å². The van der Waals surface area contributed by atoms with Crippen molar-refractivity contribution < 1.29 is 17.9 Å². The van der Waals surface area contributed by atoms with Crippen LogP contribution in [0.4, 0.5) is 5.00 Å². The molecule has 1 aromatic heterocycles. The minimum atomic E-state index is -3.64. The Labute approximate surface area is 133 Å². The lowest BCUT2D eigenvalue weighted by Crippen LogP contribution is -2.17. The van der Waals surface area contributed by atoms with Crippen LogP contribution in [0.2, 0.25) is 0 Å². The van der Waals surface area contributed by atoms with Crippen LogP contribution in [0.5, 0.6) is 0 Å². The van der Waals surface area contributed by atoms with E-state index >= 15 is 0 Å². The van der Waals surface area contributed by atoms with Crippen LogP contribution in [0, 0.1) is 5.92 Å². The van der Waals surface area contributed by atoms with Gasteiger partial charge in [0.2, 0.25) is 10.0 Å². The van der Waals surface area contributed by atoms with Gasteiger partial charge in [-0.2, -0.15) is 0 Å². The average molecular weight is 352 g/mol. The lowest BCUT2D eigenvalue weighted by Gasteiger charge is -2.18. The summed E-state index contributed by atoms with van der Waals surface area (Å²) in [6, 6.07) is 0. The third-order valence-corrected chi connectivity index (χ3v) is 6.35. The summed E-state index contributed by atoms with van der Waals surface area (Å²) >= 11 is 6.74. The standard InChI is InChI=1S/C13H18ClNO4S2/c1-3-19-13(16)11-9-5-4-8(2)6-10(9)20-12(11)15-21(17,18)7-14/h8,15H,3-7H2,1-2H3. The van der Waals surface area contributed by atoms with Crippen molar-refractivity contribution in [2.75, 3.05) is 16.5 Å². The van der Waals surface area contributed by atoms with E-state index in [0.29, 0.717) is 16.5 Å². The number of nitrogens with one attached hydrogen (secondary N) is 1. The Morgan fingerprint density at radius 3 is 2.86 bits per heavy atom. The molecule has 1 N–H and O–H groups in total. The lowest BCUT2D eigenvalue weighted by molar-refractivity contribution is 0.0526. The second-order valence-corrected chi connectivity index (χ2v) is 8.51. The molecule has 1 aliphatic rings. The number of rotatable bonds is 5. The average Bonchev–Trinajstić information content (AvgIpc) is 2.75. The van der Waals surface area contributed by atoms with E-state index in [9.17, 15) is 13.2 Å². The van der Waals surface area contributed by atoms with E-state index in [1.165, 1.54) is 11.3 Å². The van der Waals surface area contributed by atoms with E-state index in [4.69, 9.17) is 16.3 Å². The van der Waals surface area contributed by atoms with Crippen LogP contribution in [-0.4, -0.2) is 26.2 Å². The summed E-state index contributed by atoms with van der Waals surface area (Å²) in [5, 5.41) is -0.220. The van der Waals surface area contributed by atoms with Crippen molar-refractivity contribution in [3.8, 4) is 0 Å². The van der Waals surface area contributed by atoms with Crippen LogP contribution in [0.3, 0.4) is 0 Å². The summed E-state index contributed by atoms with van der Waals surface area (Å²) < 4.78 is 30.9. The van der Waals surface area contributed by atoms with Gasteiger partial charge >= 0.3 is 5.97 Å². The van der Waals surface area contributed by atoms with Gasteiger partial charge in [-0.05, 0) is 37.7 Å². The molecule has 1 unspecified atom stereocenters. The van der Waals surface area contributed by atoms with Crippen molar-refractivity contribution in [3.63, 3.8) is 0 Å². The molecule has 1 atom stereocenters. The molecule has 0 aliphatic heterocycles. The molecule has 0 aromatic carbocycles. The third kappa shape index (κ3) is 3.70. The summed E-state index contributed by atoms with van der Waals surface area (Å²) in [6.45, 7) is 4.12. The first kappa shape index (κ1) is 16.6. The minimum Gasteiger partial charge on any atom is -0.462 e.